The molecule has 0 radical (unpaired) electrons. The van der Waals surface area contributed by atoms with Gasteiger partial charge in [-0.25, -0.2) is 0 Å². The molecule has 0 atom stereocenters. The van der Waals surface area contributed by atoms with Gasteiger partial charge in [-0.15, -0.1) is 0 Å². The quantitative estimate of drug-likeness (QED) is 0.705. The second kappa shape index (κ2) is 8.53. The second-order valence-electron chi connectivity index (χ2n) is 8.43. The first-order chi connectivity index (χ1) is 15.4. The Morgan fingerprint density at radius 2 is 1.91 bits per heavy atom. The van der Waals surface area contributed by atoms with Crippen molar-refractivity contribution >= 4 is 29.3 Å². The molecular weight excluding hydrogens is 406 g/mol. The zero-order valence-corrected chi connectivity index (χ0v) is 18.5. The SMILES string of the molecule is COc1cc(N2CCC3(CCN(C(=O)c4cccn4C)CC3)C2=O)ccc1/C(C=N)=C/N. The first kappa shape index (κ1) is 21.7. The molecule has 2 aliphatic rings. The van der Waals surface area contributed by atoms with Gasteiger partial charge in [0, 0.05) is 68.2 Å². The predicted molar refractivity (Wildman–Crippen MR) is 124 cm³/mol. The molecule has 8 nitrogen and oxygen atoms in total. The number of rotatable bonds is 5. The molecule has 2 amide bonds. The number of allylic oxidation sites excluding steroid dienone is 1. The second-order valence-corrected chi connectivity index (χ2v) is 8.43. The summed E-state index contributed by atoms with van der Waals surface area (Å²) in [6.45, 7) is 1.79. The molecule has 2 saturated heterocycles. The number of benzene rings is 1. The number of anilines is 1. The van der Waals surface area contributed by atoms with Gasteiger partial charge in [0.2, 0.25) is 5.91 Å². The summed E-state index contributed by atoms with van der Waals surface area (Å²) in [7, 11) is 3.43. The third-order valence-electron chi connectivity index (χ3n) is 6.83. The van der Waals surface area contributed by atoms with Gasteiger partial charge < -0.3 is 30.2 Å². The Bertz CT molecular complexity index is 1080. The van der Waals surface area contributed by atoms with Crippen LogP contribution in [0, 0.1) is 10.8 Å². The number of hydrogen-bond donors (Lipinski definition) is 2. The van der Waals surface area contributed by atoms with Gasteiger partial charge in [-0.05, 0) is 43.5 Å². The number of likely N-dealkylation sites (tertiary alicyclic amines) is 1. The van der Waals surface area contributed by atoms with E-state index in [1.807, 2.05) is 57.9 Å². The molecule has 3 N–H and O–H groups in total. The van der Waals surface area contributed by atoms with E-state index >= 15 is 0 Å². The normalized spacial score (nSPS) is 18.3. The zero-order valence-electron chi connectivity index (χ0n) is 18.5. The van der Waals surface area contributed by atoms with Crippen LogP contribution < -0.4 is 15.4 Å². The van der Waals surface area contributed by atoms with Crippen LogP contribution in [0.2, 0.25) is 0 Å². The van der Waals surface area contributed by atoms with Crippen LogP contribution in [0.4, 0.5) is 5.69 Å². The van der Waals surface area contributed by atoms with Gasteiger partial charge in [-0.2, -0.15) is 0 Å². The molecule has 0 unspecified atom stereocenters. The number of methoxy groups -OCH3 is 1. The molecule has 0 aliphatic carbocycles. The lowest BCUT2D eigenvalue weighted by atomic mass is 9.77. The number of nitrogens with zero attached hydrogens (tertiary/aromatic N) is 3. The summed E-state index contributed by atoms with van der Waals surface area (Å²) >= 11 is 0. The van der Waals surface area contributed by atoms with Crippen LogP contribution in [0.25, 0.3) is 5.57 Å². The van der Waals surface area contributed by atoms with Gasteiger partial charge in [0.1, 0.15) is 11.4 Å². The standard InChI is InChI=1S/C24H29N5O3/c1-27-10-3-4-20(27)22(30)28-11-7-24(8-12-28)9-13-29(23(24)31)18-5-6-19(17(15-25)16-26)21(14-18)32-2/h3-6,10,14-16,25H,7-9,11-13,26H2,1-2H3/b17-16+,25-15?. The number of carbonyl (C=O) groups excluding carboxylic acids is 2. The van der Waals surface area contributed by atoms with Crippen molar-refractivity contribution in [2.75, 3.05) is 31.6 Å². The number of aromatic nitrogens is 1. The molecule has 32 heavy (non-hydrogen) atoms. The molecular formula is C24H29N5O3. The summed E-state index contributed by atoms with van der Waals surface area (Å²) in [6, 6.07) is 9.22. The van der Waals surface area contributed by atoms with Gasteiger partial charge in [-0.3, -0.25) is 9.59 Å². The average molecular weight is 436 g/mol. The Morgan fingerprint density at radius 3 is 2.50 bits per heavy atom. The molecule has 168 valence electrons. The summed E-state index contributed by atoms with van der Waals surface area (Å²) in [5, 5.41) is 7.53. The summed E-state index contributed by atoms with van der Waals surface area (Å²) in [5.41, 5.74) is 7.90. The Balaban J connectivity index is 1.49. The van der Waals surface area contributed by atoms with Crippen molar-refractivity contribution < 1.29 is 14.3 Å². The highest BCUT2D eigenvalue weighted by Gasteiger charge is 2.49. The lowest BCUT2D eigenvalue weighted by Gasteiger charge is -2.38. The van der Waals surface area contributed by atoms with Gasteiger partial charge in [-0.1, -0.05) is 0 Å². The summed E-state index contributed by atoms with van der Waals surface area (Å²) in [5.74, 6) is 0.698. The number of hydrogen-bond acceptors (Lipinski definition) is 5. The largest absolute Gasteiger partial charge is 0.496 e. The third-order valence-corrected chi connectivity index (χ3v) is 6.83. The van der Waals surface area contributed by atoms with E-state index in [4.69, 9.17) is 15.9 Å². The maximum absolute atomic E-state index is 13.5. The van der Waals surface area contributed by atoms with Crippen LogP contribution in [0.3, 0.4) is 0 Å². The first-order valence-corrected chi connectivity index (χ1v) is 10.8. The molecule has 3 heterocycles. The van der Waals surface area contributed by atoms with Crippen molar-refractivity contribution in [1.29, 1.82) is 5.41 Å². The van der Waals surface area contributed by atoms with E-state index < -0.39 is 5.41 Å². The van der Waals surface area contributed by atoms with E-state index in [0.717, 1.165) is 12.1 Å². The highest BCUT2D eigenvalue weighted by molar-refractivity contribution is 6.09. The minimum Gasteiger partial charge on any atom is -0.496 e. The summed E-state index contributed by atoms with van der Waals surface area (Å²) < 4.78 is 7.33. The third kappa shape index (κ3) is 3.55. The van der Waals surface area contributed by atoms with Crippen molar-refractivity contribution in [3.63, 3.8) is 0 Å². The number of amides is 2. The van der Waals surface area contributed by atoms with Crippen molar-refractivity contribution in [3.8, 4) is 5.75 Å². The van der Waals surface area contributed by atoms with Crippen LogP contribution in [0.15, 0.2) is 42.7 Å². The van der Waals surface area contributed by atoms with Crippen LogP contribution in [0.5, 0.6) is 5.75 Å². The fourth-order valence-corrected chi connectivity index (χ4v) is 4.82. The Hall–Kier alpha value is -3.55. The topological polar surface area (TPSA) is 105 Å². The van der Waals surface area contributed by atoms with E-state index in [2.05, 4.69) is 0 Å². The number of ether oxygens (including phenoxy) is 1. The highest BCUT2D eigenvalue weighted by atomic mass is 16.5. The minimum absolute atomic E-state index is 0.0185. The van der Waals surface area contributed by atoms with Gasteiger partial charge >= 0.3 is 0 Å². The Kier molecular flexibility index (Phi) is 5.78. The molecule has 0 saturated carbocycles. The van der Waals surface area contributed by atoms with Crippen molar-refractivity contribution in [3.05, 3.63) is 54.0 Å². The van der Waals surface area contributed by atoms with E-state index in [1.165, 1.54) is 12.4 Å². The number of nitrogens with one attached hydrogen (secondary N) is 1. The highest BCUT2D eigenvalue weighted by Crippen LogP contribution is 2.44. The first-order valence-electron chi connectivity index (χ1n) is 10.8. The predicted octanol–water partition coefficient (Wildman–Crippen LogP) is 2.64. The summed E-state index contributed by atoms with van der Waals surface area (Å²) in [4.78, 5) is 30.0. The molecule has 1 spiro atoms. The van der Waals surface area contributed by atoms with Gasteiger partial charge in [0.05, 0.1) is 12.5 Å². The molecule has 8 heteroatoms. The minimum atomic E-state index is -0.422. The summed E-state index contributed by atoms with van der Waals surface area (Å²) in [6.07, 6.45) is 6.52. The molecule has 1 aromatic heterocycles. The molecule has 1 aromatic carbocycles. The van der Waals surface area contributed by atoms with E-state index in [0.29, 0.717) is 55.1 Å². The van der Waals surface area contributed by atoms with E-state index in [9.17, 15) is 9.59 Å². The van der Waals surface area contributed by atoms with Gasteiger partial charge in [0.25, 0.3) is 5.91 Å². The molecule has 2 aromatic rings. The molecule has 4 rings (SSSR count). The van der Waals surface area contributed by atoms with Crippen LogP contribution in [-0.4, -0.2) is 54.2 Å². The molecule has 2 fully saturated rings. The van der Waals surface area contributed by atoms with Crippen LogP contribution in [0.1, 0.15) is 35.3 Å². The zero-order chi connectivity index (χ0) is 22.9. The monoisotopic (exact) mass is 435 g/mol. The fourth-order valence-electron chi connectivity index (χ4n) is 4.82. The van der Waals surface area contributed by atoms with Crippen molar-refractivity contribution in [2.45, 2.75) is 19.3 Å². The number of nitrogens with two attached hydrogens (primary N) is 1. The number of aryl methyl sites for hydroxylation is 1. The van der Waals surface area contributed by atoms with E-state index in [-0.39, 0.29) is 11.8 Å². The van der Waals surface area contributed by atoms with Crippen molar-refractivity contribution in [2.24, 2.45) is 18.2 Å². The Labute approximate surface area is 187 Å². The molecule has 0 bridgehead atoms. The van der Waals surface area contributed by atoms with Gasteiger partial charge in [0.15, 0.2) is 0 Å². The lowest BCUT2D eigenvalue weighted by Crippen LogP contribution is -2.47. The lowest BCUT2D eigenvalue weighted by molar-refractivity contribution is -0.127. The van der Waals surface area contributed by atoms with E-state index in [1.54, 1.807) is 7.11 Å². The number of carbonyl (C=O) groups is 2. The maximum Gasteiger partial charge on any atom is 0.270 e. The maximum atomic E-state index is 13.5. The van der Waals surface area contributed by atoms with Crippen LogP contribution in [-0.2, 0) is 11.8 Å². The van der Waals surface area contributed by atoms with Crippen LogP contribution >= 0.6 is 0 Å². The molecule has 2 aliphatic heterocycles. The number of piperidine rings is 1. The van der Waals surface area contributed by atoms with Crippen molar-refractivity contribution in [1.82, 2.24) is 9.47 Å². The Morgan fingerprint density at radius 1 is 1.19 bits per heavy atom. The average Bonchev–Trinajstić information content (AvgIpc) is 3.38. The smallest absolute Gasteiger partial charge is 0.270 e. The fraction of sp³-hybridized carbons (Fsp3) is 0.375.